The third-order valence-electron chi connectivity index (χ3n) is 5.82. The minimum absolute atomic E-state index is 0.196. The van der Waals surface area contributed by atoms with E-state index in [1.165, 1.54) is 0 Å². The molecule has 0 spiro atoms. The van der Waals surface area contributed by atoms with Gasteiger partial charge in [-0.3, -0.25) is 5.32 Å². The van der Waals surface area contributed by atoms with Crippen LogP contribution in [0.2, 0.25) is 0 Å². The van der Waals surface area contributed by atoms with Crippen molar-refractivity contribution in [2.45, 2.75) is 24.4 Å². The molecule has 4 rings (SSSR count). The lowest BCUT2D eigenvalue weighted by atomic mass is 9.99. The molecule has 17 heteroatoms. The Hall–Kier alpha value is -3.44. The smallest absolute Gasteiger partial charge is 0.323 e. The van der Waals surface area contributed by atoms with Gasteiger partial charge in [-0.05, 0) is 6.42 Å². The van der Waals surface area contributed by atoms with Crippen LogP contribution in [0.4, 0.5) is 41.3 Å². The molecule has 1 aliphatic rings. The zero-order valence-corrected chi connectivity index (χ0v) is 19.9. The minimum Gasteiger partial charge on any atom is -0.396 e. The summed E-state index contributed by atoms with van der Waals surface area (Å²) in [6.45, 7) is -1.70. The number of benzene rings is 2. The molecule has 38 heavy (non-hydrogen) atoms. The molecule has 0 saturated carbocycles. The van der Waals surface area contributed by atoms with Crippen molar-refractivity contribution >= 4 is 32.8 Å². The summed E-state index contributed by atoms with van der Waals surface area (Å²) in [5.74, 6) is -12.7. The number of nitrogens with one attached hydrogen (secondary N) is 2. The van der Waals surface area contributed by atoms with Crippen molar-refractivity contribution in [2.75, 3.05) is 24.7 Å². The number of carbonyl (C=O) groups is 1. The highest BCUT2D eigenvalue weighted by Crippen LogP contribution is 2.41. The molecule has 2 heterocycles. The van der Waals surface area contributed by atoms with Crippen LogP contribution in [0.5, 0.6) is 0 Å². The van der Waals surface area contributed by atoms with Crippen LogP contribution in [0.1, 0.15) is 6.42 Å². The second-order valence-corrected chi connectivity index (χ2v) is 10.2. The number of anilines is 1. The molecular weight excluding hydrogens is 553 g/mol. The predicted octanol–water partition coefficient (Wildman–Crippen LogP) is 3.34. The molecule has 206 valence electrons. The van der Waals surface area contributed by atoms with Gasteiger partial charge in [0.2, 0.25) is 10.0 Å². The van der Waals surface area contributed by atoms with Crippen molar-refractivity contribution in [1.29, 1.82) is 0 Å². The second kappa shape index (κ2) is 9.70. The van der Waals surface area contributed by atoms with Crippen LogP contribution in [0, 0.1) is 29.1 Å². The number of rotatable bonds is 6. The topological polar surface area (TPSA) is 125 Å². The second-order valence-electron chi connectivity index (χ2n) is 8.42. The van der Waals surface area contributed by atoms with Crippen LogP contribution in [0.3, 0.4) is 0 Å². The fourth-order valence-electron chi connectivity index (χ4n) is 4.28. The quantitative estimate of drug-likeness (QED) is 0.391. The molecule has 2 amide bonds. The van der Waals surface area contributed by atoms with Crippen LogP contribution in [-0.4, -0.2) is 67.0 Å². The van der Waals surface area contributed by atoms with Gasteiger partial charge in [0.05, 0.1) is 17.2 Å². The van der Waals surface area contributed by atoms with E-state index < -0.39 is 111 Å². The van der Waals surface area contributed by atoms with Gasteiger partial charge in [-0.25, -0.2) is 48.7 Å². The highest BCUT2D eigenvalue weighted by atomic mass is 32.2. The van der Waals surface area contributed by atoms with Gasteiger partial charge in [0.1, 0.15) is 29.5 Å². The van der Waals surface area contributed by atoms with E-state index >= 15 is 0 Å². The Kier molecular flexibility index (Phi) is 7.04. The maximum absolute atomic E-state index is 14.9. The Morgan fingerprint density at radius 1 is 1.13 bits per heavy atom. The molecule has 0 aliphatic carbocycles. The molecule has 1 aliphatic heterocycles. The summed E-state index contributed by atoms with van der Waals surface area (Å²) in [6, 6.07) is -4.64. The van der Waals surface area contributed by atoms with Gasteiger partial charge >= 0.3 is 6.03 Å². The Morgan fingerprint density at radius 3 is 2.34 bits per heavy atom. The minimum atomic E-state index is -4.15. The summed E-state index contributed by atoms with van der Waals surface area (Å²) in [7, 11) is -4.15. The molecule has 2 aromatic carbocycles. The number of nitrogens with zero attached hydrogens (tertiary/aromatic N) is 2. The van der Waals surface area contributed by atoms with Crippen molar-refractivity contribution < 1.29 is 53.6 Å². The average molecular weight is 570 g/mol. The number of aliphatic hydroxyl groups excluding tert-OH is 1. The summed E-state index contributed by atoms with van der Waals surface area (Å²) < 4.78 is 131. The lowest BCUT2D eigenvalue weighted by molar-refractivity contribution is -0.0465. The number of hydrogen-bond acceptors (Lipinski definition) is 6. The van der Waals surface area contributed by atoms with Crippen molar-refractivity contribution in [3.05, 3.63) is 47.3 Å². The molecule has 1 saturated heterocycles. The van der Waals surface area contributed by atoms with Gasteiger partial charge in [-0.1, -0.05) is 5.16 Å². The fourth-order valence-corrected chi connectivity index (χ4v) is 5.03. The number of fused-ring (bicyclic) bond motifs is 1. The zero-order valence-electron chi connectivity index (χ0n) is 19.0. The first kappa shape index (κ1) is 27.6. The van der Waals surface area contributed by atoms with E-state index in [-0.39, 0.29) is 12.1 Å². The van der Waals surface area contributed by atoms with Crippen LogP contribution in [0.15, 0.2) is 22.7 Å². The first-order valence-corrected chi connectivity index (χ1v) is 12.5. The van der Waals surface area contributed by atoms with Gasteiger partial charge < -0.3 is 14.5 Å². The molecule has 0 radical (unpaired) electrons. The molecule has 1 aromatic heterocycles. The van der Waals surface area contributed by atoms with Gasteiger partial charge in [-0.2, -0.15) is 0 Å². The van der Waals surface area contributed by atoms with Crippen LogP contribution in [0.25, 0.3) is 22.1 Å². The summed E-state index contributed by atoms with van der Waals surface area (Å²) >= 11 is 0. The van der Waals surface area contributed by atoms with Crippen molar-refractivity contribution in [3.8, 4) is 11.1 Å². The molecule has 3 N–H and O–H groups in total. The standard InChI is InChI=1S/C21H17F7N4O5S/c1-38(35,36)31-13-7-32(14(2-3-33)21(13,27)28)20(34)29-19-16-12(37-30-19)6-11(25)18(26)17(16)15-9(23)4-8(22)5-10(15)24/h4-6,13-14,31,33H,2-3,7H2,1H3,(H,29,30,34)/t13-,14-/m1/s1. The first-order chi connectivity index (χ1) is 17.7. The van der Waals surface area contributed by atoms with E-state index in [1.54, 1.807) is 4.72 Å². The molecule has 0 unspecified atom stereocenters. The largest absolute Gasteiger partial charge is 0.396 e. The third kappa shape index (κ3) is 4.88. The SMILES string of the molecule is CS(=O)(=O)N[C@@H]1CN(C(=O)Nc2noc3cc(F)c(F)c(-c4c(F)cc(F)cc4F)c23)[C@H](CCO)C1(F)F. The summed E-state index contributed by atoms with van der Waals surface area (Å²) in [5.41, 5.74) is -2.98. The number of sulfonamides is 1. The molecular formula is C21H17F7N4O5S. The van der Waals surface area contributed by atoms with E-state index in [9.17, 15) is 49.1 Å². The van der Waals surface area contributed by atoms with Gasteiger partial charge in [0, 0.05) is 36.9 Å². The van der Waals surface area contributed by atoms with Crippen molar-refractivity contribution in [2.24, 2.45) is 0 Å². The number of aromatic nitrogens is 1. The number of carbonyl (C=O) groups excluding carboxylic acids is 1. The van der Waals surface area contributed by atoms with Crippen LogP contribution >= 0.6 is 0 Å². The normalized spacial score (nSPS) is 19.3. The van der Waals surface area contributed by atoms with E-state index in [4.69, 9.17) is 4.52 Å². The Balaban J connectivity index is 1.79. The number of urea groups is 1. The monoisotopic (exact) mass is 570 g/mol. The average Bonchev–Trinajstić information content (AvgIpc) is 3.27. The summed E-state index contributed by atoms with van der Waals surface area (Å²) in [4.78, 5) is 13.5. The fraction of sp³-hybridized carbons (Fsp3) is 0.333. The summed E-state index contributed by atoms with van der Waals surface area (Å²) in [5, 5.41) is 14.0. The molecule has 3 aromatic rings. The van der Waals surface area contributed by atoms with Crippen molar-refractivity contribution in [3.63, 3.8) is 0 Å². The highest BCUT2D eigenvalue weighted by Gasteiger charge is 2.58. The Bertz CT molecular complexity index is 1510. The number of alkyl halides is 2. The maximum Gasteiger partial charge on any atom is 0.323 e. The number of aliphatic hydroxyl groups is 1. The van der Waals surface area contributed by atoms with Crippen LogP contribution in [-0.2, 0) is 10.0 Å². The maximum atomic E-state index is 14.9. The van der Waals surface area contributed by atoms with Gasteiger partial charge in [-0.15, -0.1) is 0 Å². The molecule has 0 bridgehead atoms. The van der Waals surface area contributed by atoms with Crippen LogP contribution < -0.4 is 10.0 Å². The lowest BCUT2D eigenvalue weighted by Crippen LogP contribution is -2.49. The number of halogens is 7. The molecule has 2 atom stereocenters. The molecule has 1 fully saturated rings. The lowest BCUT2D eigenvalue weighted by Gasteiger charge is -2.27. The number of amides is 2. The van der Waals surface area contributed by atoms with E-state index in [2.05, 4.69) is 5.16 Å². The number of likely N-dealkylation sites (tertiary alicyclic amines) is 1. The van der Waals surface area contributed by atoms with Crippen molar-refractivity contribution in [1.82, 2.24) is 14.8 Å². The van der Waals surface area contributed by atoms with Gasteiger partial charge in [0.25, 0.3) is 5.92 Å². The number of hydrogen-bond donors (Lipinski definition) is 3. The van der Waals surface area contributed by atoms with Gasteiger partial charge in [0.15, 0.2) is 23.0 Å². The Labute approximate surface area is 209 Å². The predicted molar refractivity (Wildman–Crippen MR) is 117 cm³/mol. The highest BCUT2D eigenvalue weighted by molar-refractivity contribution is 7.88. The van der Waals surface area contributed by atoms with E-state index in [1.807, 2.05) is 5.32 Å². The van der Waals surface area contributed by atoms with E-state index in [0.29, 0.717) is 17.2 Å². The first-order valence-electron chi connectivity index (χ1n) is 10.6. The third-order valence-corrected chi connectivity index (χ3v) is 6.53. The summed E-state index contributed by atoms with van der Waals surface area (Å²) in [6.07, 6.45) is -0.0592. The molecule has 9 nitrogen and oxygen atoms in total. The zero-order chi connectivity index (χ0) is 28.2. The Morgan fingerprint density at radius 2 is 1.76 bits per heavy atom. The van der Waals surface area contributed by atoms with E-state index in [0.717, 1.165) is 0 Å².